The van der Waals surface area contributed by atoms with Crippen LogP contribution in [0.2, 0.25) is 0 Å². The van der Waals surface area contributed by atoms with E-state index >= 15 is 0 Å². The molecule has 2 aliphatic rings. The molecule has 35 heavy (non-hydrogen) atoms. The van der Waals surface area contributed by atoms with Crippen LogP contribution in [0.3, 0.4) is 0 Å². The Morgan fingerprint density at radius 3 is 2.49 bits per heavy atom. The standard InChI is InChI=1S/C27H28N4O3S/c1-27(2,34)15-30-10-7-16(8-11-30)31-14-20(17-5-3-4-6-21(17)31)23-22(24(32)29-25(23)33)19-13-28-26-18(19)9-12-35-26/h3-6,9,12-14,16,28,34H,7-8,10-11,15H2,1-2H3,(H,29,32,33). The van der Waals surface area contributed by atoms with E-state index in [9.17, 15) is 14.7 Å². The van der Waals surface area contributed by atoms with Crippen LogP contribution in [-0.2, 0) is 9.59 Å². The van der Waals surface area contributed by atoms with Crippen LogP contribution in [0, 0.1) is 0 Å². The third-order valence-electron chi connectivity index (χ3n) is 7.07. The summed E-state index contributed by atoms with van der Waals surface area (Å²) in [6.07, 6.45) is 5.80. The van der Waals surface area contributed by atoms with Crippen LogP contribution in [0.5, 0.6) is 0 Å². The second kappa shape index (κ2) is 8.19. The van der Waals surface area contributed by atoms with Gasteiger partial charge in [-0.15, -0.1) is 11.3 Å². The van der Waals surface area contributed by atoms with Crippen molar-refractivity contribution in [2.24, 2.45) is 0 Å². The minimum Gasteiger partial charge on any atom is -0.389 e. The Hall–Kier alpha value is -3.20. The van der Waals surface area contributed by atoms with Gasteiger partial charge in [-0.2, -0.15) is 0 Å². The number of aromatic nitrogens is 2. The van der Waals surface area contributed by atoms with E-state index in [4.69, 9.17) is 0 Å². The number of amides is 2. The van der Waals surface area contributed by atoms with E-state index in [2.05, 4.69) is 32.0 Å². The fourth-order valence-electron chi connectivity index (χ4n) is 5.63. The number of likely N-dealkylation sites (tertiary alicyclic amines) is 1. The molecule has 0 aliphatic carbocycles. The summed E-state index contributed by atoms with van der Waals surface area (Å²) in [7, 11) is 0. The van der Waals surface area contributed by atoms with E-state index in [1.54, 1.807) is 11.3 Å². The summed E-state index contributed by atoms with van der Waals surface area (Å²) in [5, 5.41) is 16.6. The number of piperidine rings is 1. The molecular formula is C27H28N4O3S. The number of benzene rings is 1. The van der Waals surface area contributed by atoms with Gasteiger partial charge >= 0.3 is 0 Å². The number of thiophene rings is 1. The number of nitrogens with one attached hydrogen (secondary N) is 2. The number of carbonyl (C=O) groups excluding carboxylic acids is 2. The van der Waals surface area contributed by atoms with E-state index in [1.165, 1.54) is 0 Å². The molecule has 0 bridgehead atoms. The molecule has 3 N–H and O–H groups in total. The third-order valence-corrected chi connectivity index (χ3v) is 7.92. The number of H-pyrrole nitrogens is 1. The topological polar surface area (TPSA) is 90.4 Å². The third kappa shape index (κ3) is 3.82. The normalized spacial score (nSPS) is 18.4. The Labute approximate surface area is 207 Å². The smallest absolute Gasteiger partial charge is 0.259 e. The van der Waals surface area contributed by atoms with Crippen LogP contribution in [0.1, 0.15) is 43.9 Å². The van der Waals surface area contributed by atoms with Gasteiger partial charge in [0.05, 0.1) is 16.7 Å². The number of imide groups is 1. The fourth-order valence-corrected chi connectivity index (χ4v) is 6.41. The van der Waals surface area contributed by atoms with Gasteiger partial charge in [0, 0.05) is 65.5 Å². The number of aliphatic hydroxyl groups is 1. The first-order chi connectivity index (χ1) is 16.8. The quantitative estimate of drug-likeness (QED) is 0.368. The van der Waals surface area contributed by atoms with Crippen LogP contribution < -0.4 is 5.32 Å². The maximum Gasteiger partial charge on any atom is 0.259 e. The minimum absolute atomic E-state index is 0.284. The summed E-state index contributed by atoms with van der Waals surface area (Å²) in [6.45, 7) is 6.16. The number of para-hydroxylation sites is 1. The molecule has 8 heteroatoms. The second-order valence-corrected chi connectivity index (χ2v) is 11.1. The minimum atomic E-state index is -0.711. The molecule has 1 saturated heterocycles. The Balaban J connectivity index is 1.44. The first-order valence-electron chi connectivity index (χ1n) is 12.0. The highest BCUT2D eigenvalue weighted by Gasteiger charge is 2.36. The van der Waals surface area contributed by atoms with Crippen molar-refractivity contribution in [2.75, 3.05) is 19.6 Å². The monoisotopic (exact) mass is 488 g/mol. The SMILES string of the molecule is CC(C)(O)CN1CCC(n2cc(C3=C(c4c[nH]c5sccc45)C(=O)NC3=O)c3ccccc32)CC1. The lowest BCUT2D eigenvalue weighted by Gasteiger charge is -2.36. The summed E-state index contributed by atoms with van der Waals surface area (Å²) in [5.41, 5.74) is 2.78. The number of aromatic amines is 1. The predicted octanol–water partition coefficient (Wildman–Crippen LogP) is 4.16. The number of nitrogens with zero attached hydrogens (tertiary/aromatic N) is 2. The summed E-state index contributed by atoms with van der Waals surface area (Å²) in [6, 6.07) is 10.4. The van der Waals surface area contributed by atoms with Crippen molar-refractivity contribution in [2.45, 2.75) is 38.3 Å². The molecule has 180 valence electrons. The van der Waals surface area contributed by atoms with Crippen molar-refractivity contribution >= 4 is 55.4 Å². The molecule has 2 amide bonds. The number of β-amino-alcohol motifs (C(OH)–C–C–N with tert-alkyl or cyclic N) is 1. The molecule has 1 fully saturated rings. The number of carbonyl (C=O) groups is 2. The van der Waals surface area contributed by atoms with E-state index in [1.807, 2.05) is 49.7 Å². The van der Waals surface area contributed by atoms with Gasteiger partial charge in [-0.05, 0) is 44.2 Å². The van der Waals surface area contributed by atoms with Gasteiger partial charge in [0.2, 0.25) is 0 Å². The predicted molar refractivity (Wildman–Crippen MR) is 139 cm³/mol. The lowest BCUT2D eigenvalue weighted by Crippen LogP contribution is -2.43. The molecule has 0 radical (unpaired) electrons. The van der Waals surface area contributed by atoms with E-state index in [0.29, 0.717) is 17.7 Å². The molecular weight excluding hydrogens is 460 g/mol. The first kappa shape index (κ1) is 22.3. The lowest BCUT2D eigenvalue weighted by atomic mass is 9.96. The zero-order chi connectivity index (χ0) is 24.3. The van der Waals surface area contributed by atoms with E-state index in [-0.39, 0.29) is 17.9 Å². The van der Waals surface area contributed by atoms with Crippen LogP contribution in [0.4, 0.5) is 0 Å². The molecule has 6 rings (SSSR count). The summed E-state index contributed by atoms with van der Waals surface area (Å²) < 4.78 is 2.28. The number of hydrogen-bond donors (Lipinski definition) is 3. The molecule has 7 nitrogen and oxygen atoms in total. The van der Waals surface area contributed by atoms with Gasteiger partial charge in [-0.1, -0.05) is 18.2 Å². The zero-order valence-corrected chi connectivity index (χ0v) is 20.6. The molecule has 0 atom stereocenters. The molecule has 4 aromatic rings. The molecule has 3 aromatic heterocycles. The number of hydrogen-bond acceptors (Lipinski definition) is 5. The van der Waals surface area contributed by atoms with Crippen molar-refractivity contribution in [1.82, 2.24) is 19.8 Å². The number of fused-ring (bicyclic) bond motifs is 2. The molecule has 0 spiro atoms. The van der Waals surface area contributed by atoms with Crippen molar-refractivity contribution in [3.63, 3.8) is 0 Å². The number of rotatable bonds is 5. The summed E-state index contributed by atoms with van der Waals surface area (Å²) in [4.78, 5) is 32.7. The molecule has 1 aromatic carbocycles. The lowest BCUT2D eigenvalue weighted by molar-refractivity contribution is -0.122. The zero-order valence-electron chi connectivity index (χ0n) is 19.8. The van der Waals surface area contributed by atoms with Gasteiger partial charge in [-0.25, -0.2) is 0 Å². The highest BCUT2D eigenvalue weighted by molar-refractivity contribution is 7.16. The second-order valence-electron chi connectivity index (χ2n) is 10.2. The maximum atomic E-state index is 13.1. The average Bonchev–Trinajstić information content (AvgIpc) is 3.56. The largest absolute Gasteiger partial charge is 0.389 e. The average molecular weight is 489 g/mol. The van der Waals surface area contributed by atoms with Gasteiger partial charge in [0.15, 0.2) is 0 Å². The van der Waals surface area contributed by atoms with Crippen molar-refractivity contribution < 1.29 is 14.7 Å². The van der Waals surface area contributed by atoms with Crippen LogP contribution >= 0.6 is 11.3 Å². The van der Waals surface area contributed by atoms with Gasteiger partial charge < -0.3 is 19.6 Å². The van der Waals surface area contributed by atoms with Crippen molar-refractivity contribution in [3.8, 4) is 0 Å². The Bertz CT molecular complexity index is 1490. The van der Waals surface area contributed by atoms with Gasteiger partial charge in [0.1, 0.15) is 4.83 Å². The highest BCUT2D eigenvalue weighted by atomic mass is 32.1. The molecule has 0 saturated carbocycles. The van der Waals surface area contributed by atoms with Crippen molar-refractivity contribution in [1.29, 1.82) is 0 Å². The summed E-state index contributed by atoms with van der Waals surface area (Å²) in [5.74, 6) is -0.702. The van der Waals surface area contributed by atoms with E-state index < -0.39 is 5.60 Å². The van der Waals surface area contributed by atoms with Crippen LogP contribution in [-0.4, -0.2) is 56.6 Å². The Kier molecular flexibility index (Phi) is 5.21. The van der Waals surface area contributed by atoms with Crippen LogP contribution in [0.15, 0.2) is 48.1 Å². The van der Waals surface area contributed by atoms with Gasteiger partial charge in [-0.3, -0.25) is 14.9 Å². The molecule has 0 unspecified atom stereocenters. The fraction of sp³-hybridized carbons (Fsp3) is 0.333. The van der Waals surface area contributed by atoms with Crippen molar-refractivity contribution in [3.05, 3.63) is 59.2 Å². The van der Waals surface area contributed by atoms with E-state index in [0.717, 1.165) is 58.2 Å². The molecule has 5 heterocycles. The maximum absolute atomic E-state index is 13.1. The highest BCUT2D eigenvalue weighted by Crippen LogP contribution is 2.40. The van der Waals surface area contributed by atoms with Crippen LogP contribution in [0.25, 0.3) is 32.3 Å². The Morgan fingerprint density at radius 2 is 1.74 bits per heavy atom. The Morgan fingerprint density at radius 1 is 1.03 bits per heavy atom. The molecule has 2 aliphatic heterocycles. The first-order valence-corrected chi connectivity index (χ1v) is 12.9. The van der Waals surface area contributed by atoms with Gasteiger partial charge in [0.25, 0.3) is 11.8 Å². The summed E-state index contributed by atoms with van der Waals surface area (Å²) >= 11 is 1.58.